The summed E-state index contributed by atoms with van der Waals surface area (Å²) >= 11 is 0. The molecule has 0 radical (unpaired) electrons. The lowest BCUT2D eigenvalue weighted by Crippen LogP contribution is -2.17. The highest BCUT2D eigenvalue weighted by atomic mass is 32.2. The van der Waals surface area contributed by atoms with Crippen molar-refractivity contribution in [2.45, 2.75) is 25.7 Å². The molecule has 0 saturated heterocycles. The first-order valence-electron chi connectivity index (χ1n) is 8.93. The number of hydrogen-bond donors (Lipinski definition) is 2. The SMILES string of the molecule is Cc1ccc(C)c(NC(=O)c2ccc(C)c(S(=O)(=O)Nc3ccc(F)cc3)c2)c1. The number of anilines is 2. The number of halogens is 1. The zero-order valence-corrected chi connectivity index (χ0v) is 17.1. The Bertz CT molecular complexity index is 1170. The van der Waals surface area contributed by atoms with E-state index in [1.807, 2.05) is 32.0 Å². The van der Waals surface area contributed by atoms with E-state index < -0.39 is 21.7 Å². The van der Waals surface area contributed by atoms with Crippen LogP contribution >= 0.6 is 0 Å². The molecule has 0 aliphatic carbocycles. The summed E-state index contributed by atoms with van der Waals surface area (Å²) in [6, 6.07) is 15.2. The van der Waals surface area contributed by atoms with Gasteiger partial charge in [-0.2, -0.15) is 0 Å². The van der Waals surface area contributed by atoms with Crippen molar-refractivity contribution in [3.63, 3.8) is 0 Å². The Hall–Kier alpha value is -3.19. The molecule has 0 unspecified atom stereocenters. The molecule has 5 nitrogen and oxygen atoms in total. The summed E-state index contributed by atoms with van der Waals surface area (Å²) in [5, 5.41) is 2.83. The van der Waals surface area contributed by atoms with Crippen molar-refractivity contribution in [3.8, 4) is 0 Å². The predicted molar refractivity (Wildman–Crippen MR) is 112 cm³/mol. The fourth-order valence-electron chi connectivity index (χ4n) is 2.82. The Balaban J connectivity index is 1.89. The zero-order chi connectivity index (χ0) is 21.2. The van der Waals surface area contributed by atoms with Gasteiger partial charge in [0.05, 0.1) is 4.90 Å². The summed E-state index contributed by atoms with van der Waals surface area (Å²) in [7, 11) is -3.95. The fraction of sp³-hybridized carbons (Fsp3) is 0.136. The molecule has 0 fully saturated rings. The lowest BCUT2D eigenvalue weighted by molar-refractivity contribution is 0.102. The van der Waals surface area contributed by atoms with Crippen molar-refractivity contribution >= 4 is 27.3 Å². The summed E-state index contributed by atoms with van der Waals surface area (Å²) in [6.45, 7) is 5.45. The van der Waals surface area contributed by atoms with E-state index in [0.29, 0.717) is 11.3 Å². The minimum Gasteiger partial charge on any atom is -0.322 e. The molecule has 150 valence electrons. The second-order valence-corrected chi connectivity index (χ2v) is 8.52. The zero-order valence-electron chi connectivity index (χ0n) is 16.3. The van der Waals surface area contributed by atoms with Gasteiger partial charge in [0.25, 0.3) is 15.9 Å². The highest BCUT2D eigenvalue weighted by Crippen LogP contribution is 2.23. The number of aryl methyl sites for hydroxylation is 3. The normalized spacial score (nSPS) is 11.2. The first kappa shape index (κ1) is 20.5. The lowest BCUT2D eigenvalue weighted by atomic mass is 10.1. The standard InChI is InChI=1S/C22H21FN2O3S/c1-14-4-5-15(2)20(12-14)24-22(26)17-7-6-16(3)21(13-17)29(27,28)25-19-10-8-18(23)9-11-19/h4-13,25H,1-3H3,(H,24,26). The maximum Gasteiger partial charge on any atom is 0.262 e. The Morgan fingerprint density at radius 1 is 0.862 bits per heavy atom. The molecule has 0 heterocycles. The van der Waals surface area contributed by atoms with E-state index in [1.165, 1.54) is 30.3 Å². The van der Waals surface area contributed by atoms with Gasteiger partial charge in [-0.15, -0.1) is 0 Å². The summed E-state index contributed by atoms with van der Waals surface area (Å²) in [5.41, 5.74) is 3.52. The molecule has 29 heavy (non-hydrogen) atoms. The molecule has 3 aromatic carbocycles. The minimum atomic E-state index is -3.95. The Morgan fingerprint density at radius 2 is 1.52 bits per heavy atom. The van der Waals surface area contributed by atoms with Gasteiger partial charge in [0.15, 0.2) is 0 Å². The van der Waals surface area contributed by atoms with E-state index in [1.54, 1.807) is 19.1 Å². The van der Waals surface area contributed by atoms with Crippen LogP contribution in [-0.2, 0) is 10.0 Å². The van der Waals surface area contributed by atoms with E-state index in [-0.39, 0.29) is 16.1 Å². The summed E-state index contributed by atoms with van der Waals surface area (Å²) in [4.78, 5) is 12.7. The first-order chi connectivity index (χ1) is 13.7. The quantitative estimate of drug-likeness (QED) is 0.632. The average Bonchev–Trinajstić information content (AvgIpc) is 2.66. The second-order valence-electron chi connectivity index (χ2n) is 6.87. The Morgan fingerprint density at radius 3 is 2.21 bits per heavy atom. The molecule has 7 heteroatoms. The smallest absolute Gasteiger partial charge is 0.262 e. The van der Waals surface area contributed by atoms with Crippen LogP contribution in [0.1, 0.15) is 27.0 Å². The van der Waals surface area contributed by atoms with Gasteiger partial charge < -0.3 is 5.32 Å². The van der Waals surface area contributed by atoms with Crippen LogP contribution in [0, 0.1) is 26.6 Å². The first-order valence-corrected chi connectivity index (χ1v) is 10.4. The minimum absolute atomic E-state index is 0.0181. The third-order valence-electron chi connectivity index (χ3n) is 4.48. The van der Waals surface area contributed by atoms with Gasteiger partial charge in [0.1, 0.15) is 5.82 Å². The van der Waals surface area contributed by atoms with Gasteiger partial charge >= 0.3 is 0 Å². The van der Waals surface area contributed by atoms with Crippen LogP contribution in [0.15, 0.2) is 65.6 Å². The average molecular weight is 412 g/mol. The molecule has 3 aromatic rings. The molecule has 0 atom stereocenters. The van der Waals surface area contributed by atoms with E-state index in [0.717, 1.165) is 11.1 Å². The molecule has 3 rings (SSSR count). The van der Waals surface area contributed by atoms with Gasteiger partial charge in [0.2, 0.25) is 0 Å². The highest BCUT2D eigenvalue weighted by molar-refractivity contribution is 7.92. The molecule has 0 aliphatic rings. The number of hydrogen-bond acceptors (Lipinski definition) is 3. The van der Waals surface area contributed by atoms with Crippen molar-refractivity contribution < 1.29 is 17.6 Å². The Kier molecular flexibility index (Phi) is 5.70. The van der Waals surface area contributed by atoms with Crippen LogP contribution in [0.3, 0.4) is 0 Å². The third kappa shape index (κ3) is 4.81. The highest BCUT2D eigenvalue weighted by Gasteiger charge is 2.20. The molecule has 0 saturated carbocycles. The second kappa shape index (κ2) is 8.05. The van der Waals surface area contributed by atoms with Crippen LogP contribution in [-0.4, -0.2) is 14.3 Å². The van der Waals surface area contributed by atoms with Crippen LogP contribution in [0.5, 0.6) is 0 Å². The van der Waals surface area contributed by atoms with Crippen molar-refractivity contribution in [3.05, 3.63) is 88.7 Å². The Labute approximate surface area is 169 Å². The number of sulfonamides is 1. The van der Waals surface area contributed by atoms with Crippen molar-refractivity contribution in [1.82, 2.24) is 0 Å². The number of amides is 1. The van der Waals surface area contributed by atoms with E-state index >= 15 is 0 Å². The third-order valence-corrected chi connectivity index (χ3v) is 6.00. The molecule has 0 aromatic heterocycles. The van der Waals surface area contributed by atoms with Crippen molar-refractivity contribution in [1.29, 1.82) is 0 Å². The number of rotatable bonds is 5. The number of nitrogens with one attached hydrogen (secondary N) is 2. The molecule has 1 amide bonds. The summed E-state index contributed by atoms with van der Waals surface area (Å²) in [6.07, 6.45) is 0. The molecule has 2 N–H and O–H groups in total. The monoisotopic (exact) mass is 412 g/mol. The van der Waals surface area contributed by atoms with E-state index in [4.69, 9.17) is 0 Å². The predicted octanol–water partition coefficient (Wildman–Crippen LogP) is 4.80. The number of carbonyl (C=O) groups excluding carboxylic acids is 1. The van der Waals surface area contributed by atoms with Crippen LogP contribution in [0.2, 0.25) is 0 Å². The topological polar surface area (TPSA) is 75.3 Å². The number of benzene rings is 3. The van der Waals surface area contributed by atoms with Gasteiger partial charge in [-0.05, 0) is 79.9 Å². The van der Waals surface area contributed by atoms with Gasteiger partial charge in [-0.3, -0.25) is 9.52 Å². The van der Waals surface area contributed by atoms with Gasteiger partial charge in [-0.25, -0.2) is 12.8 Å². The number of carbonyl (C=O) groups is 1. The summed E-state index contributed by atoms with van der Waals surface area (Å²) in [5.74, 6) is -0.869. The van der Waals surface area contributed by atoms with Crippen LogP contribution in [0.25, 0.3) is 0 Å². The maximum atomic E-state index is 13.1. The van der Waals surface area contributed by atoms with Crippen LogP contribution < -0.4 is 10.0 Å². The van der Waals surface area contributed by atoms with Gasteiger partial charge in [-0.1, -0.05) is 18.2 Å². The summed E-state index contributed by atoms with van der Waals surface area (Å²) < 4.78 is 41.1. The van der Waals surface area contributed by atoms with Gasteiger partial charge in [0, 0.05) is 16.9 Å². The molecular formula is C22H21FN2O3S. The van der Waals surface area contributed by atoms with E-state index in [2.05, 4.69) is 10.0 Å². The molecular weight excluding hydrogens is 391 g/mol. The fourth-order valence-corrected chi connectivity index (χ4v) is 4.15. The van der Waals surface area contributed by atoms with Crippen molar-refractivity contribution in [2.24, 2.45) is 0 Å². The molecule has 0 bridgehead atoms. The lowest BCUT2D eigenvalue weighted by Gasteiger charge is -2.13. The van der Waals surface area contributed by atoms with E-state index in [9.17, 15) is 17.6 Å². The van der Waals surface area contributed by atoms with Crippen LogP contribution in [0.4, 0.5) is 15.8 Å². The van der Waals surface area contributed by atoms with Crippen molar-refractivity contribution in [2.75, 3.05) is 10.0 Å². The maximum absolute atomic E-state index is 13.1. The largest absolute Gasteiger partial charge is 0.322 e. The molecule has 0 spiro atoms. The molecule has 0 aliphatic heterocycles.